The van der Waals surface area contributed by atoms with Gasteiger partial charge < -0.3 is 14.7 Å². The molecule has 4 rings (SSSR count). The average Bonchev–Trinajstić information content (AvgIpc) is 2.75. The van der Waals surface area contributed by atoms with Crippen molar-refractivity contribution in [3.05, 3.63) is 47.4 Å². The van der Waals surface area contributed by atoms with E-state index in [4.69, 9.17) is 21.2 Å². The maximum Gasteiger partial charge on any atom is 0.0645 e. The van der Waals surface area contributed by atoms with Crippen molar-refractivity contribution in [1.82, 2.24) is 9.80 Å². The number of hydrogen-bond donors (Lipinski definition) is 0. The molecule has 3 nitrogen and oxygen atoms in total. The molecule has 0 aliphatic carbocycles. The lowest BCUT2D eigenvalue weighted by atomic mass is 10.2. The molecule has 0 spiro atoms. The van der Waals surface area contributed by atoms with E-state index in [2.05, 4.69) is 4.90 Å². The summed E-state index contributed by atoms with van der Waals surface area (Å²) in [5, 5.41) is 0.569. The van der Waals surface area contributed by atoms with Crippen LogP contribution in [0, 0.1) is 0 Å². The highest BCUT2D eigenvalue weighted by Crippen LogP contribution is 2.48. The zero-order chi connectivity index (χ0) is 23.2. The number of fused-ring (bicyclic) bond motifs is 2. The average molecular weight is 381 g/mol. The highest BCUT2D eigenvalue weighted by Gasteiger charge is 2.23. The topological polar surface area (TPSA) is 9.72 Å². The Morgan fingerprint density at radius 2 is 1.92 bits per heavy atom. The predicted octanol–water partition coefficient (Wildman–Crippen LogP) is 4.58. The van der Waals surface area contributed by atoms with Crippen molar-refractivity contribution in [2.75, 3.05) is 51.1 Å². The molecule has 2 aliphatic rings. The van der Waals surface area contributed by atoms with E-state index in [-0.39, 0.29) is 24.2 Å². The fourth-order valence-corrected chi connectivity index (χ4v) is 4.39. The van der Waals surface area contributed by atoms with Crippen molar-refractivity contribution in [1.29, 1.82) is 0 Å². The van der Waals surface area contributed by atoms with Crippen LogP contribution in [0.25, 0.3) is 0 Å². The molecule has 2 aromatic rings. The summed E-state index contributed by atoms with van der Waals surface area (Å²) in [6.07, 6.45) is 0.757. The van der Waals surface area contributed by atoms with Gasteiger partial charge in [-0.2, -0.15) is 0 Å². The molecule has 0 saturated carbocycles. The van der Waals surface area contributed by atoms with Gasteiger partial charge in [0, 0.05) is 51.6 Å². The molecule has 132 valence electrons. The first kappa shape index (κ1) is 10.8. The molecule has 2 aliphatic heterocycles. The van der Waals surface area contributed by atoms with Gasteiger partial charge in [-0.25, -0.2) is 0 Å². The van der Waals surface area contributed by atoms with Gasteiger partial charge in [-0.1, -0.05) is 35.4 Å². The number of likely N-dealkylation sites (N-methyl/N-ethyl adjacent to an activating group) is 1. The molecule has 1 fully saturated rings. The van der Waals surface area contributed by atoms with E-state index in [1.165, 1.54) is 16.7 Å². The van der Waals surface area contributed by atoms with Crippen molar-refractivity contribution in [2.45, 2.75) is 16.2 Å². The monoisotopic (exact) mass is 380 g/mol. The fraction of sp³-hybridized carbons (Fsp3) is 0.400. The molecule has 0 aromatic heterocycles. The highest BCUT2D eigenvalue weighted by atomic mass is 35.5. The zero-order valence-electron chi connectivity index (χ0n) is 20.8. The predicted molar refractivity (Wildman–Crippen MR) is 108 cm³/mol. The largest absolute Gasteiger partial charge is 0.340 e. The summed E-state index contributed by atoms with van der Waals surface area (Å²) in [5.74, 6) is 0. The van der Waals surface area contributed by atoms with E-state index in [1.54, 1.807) is 6.07 Å². The SMILES string of the molecule is [2H]c1c([2H])c([2H])c2c(c1[2H])Sc1ccc(Cl)cc1N2CCCN1CCN(C([2H])([2H])[2H])CC1. The van der Waals surface area contributed by atoms with Gasteiger partial charge in [0.1, 0.15) is 0 Å². The number of hydrogen-bond acceptors (Lipinski definition) is 4. The number of anilines is 2. The van der Waals surface area contributed by atoms with Crippen LogP contribution >= 0.6 is 23.4 Å². The molecule has 25 heavy (non-hydrogen) atoms. The van der Waals surface area contributed by atoms with Crippen molar-refractivity contribution in [3.8, 4) is 0 Å². The Hall–Kier alpha value is -1.20. The first-order valence-corrected chi connectivity index (χ1v) is 9.60. The van der Waals surface area contributed by atoms with E-state index in [0.29, 0.717) is 48.3 Å². The first-order chi connectivity index (χ1) is 15.1. The van der Waals surface area contributed by atoms with Crippen LogP contribution in [0.2, 0.25) is 5.02 Å². The molecule has 1 saturated heterocycles. The summed E-state index contributed by atoms with van der Waals surface area (Å²) in [5.41, 5.74) is 1.33. The van der Waals surface area contributed by atoms with Crippen molar-refractivity contribution in [3.63, 3.8) is 0 Å². The Bertz CT molecular complexity index is 1030. The number of halogens is 1. The van der Waals surface area contributed by atoms with E-state index in [1.807, 2.05) is 17.0 Å². The summed E-state index contributed by atoms with van der Waals surface area (Å²) >= 11 is 7.60. The molecular formula is C20H24ClN3S. The Labute approximate surface area is 169 Å². The van der Waals surface area contributed by atoms with Crippen molar-refractivity contribution in [2.24, 2.45) is 0 Å². The Kier molecular flexibility index (Phi) is 3.29. The summed E-state index contributed by atoms with van der Waals surface area (Å²) < 4.78 is 55.7. The van der Waals surface area contributed by atoms with Crippen LogP contribution in [0.1, 0.15) is 16.0 Å². The van der Waals surface area contributed by atoms with Crippen LogP contribution in [-0.2, 0) is 0 Å². The normalized spacial score (nSPS) is 22.6. The second-order valence-corrected chi connectivity index (χ2v) is 7.71. The van der Waals surface area contributed by atoms with Gasteiger partial charge in [0.15, 0.2) is 0 Å². The molecule has 0 atom stereocenters. The van der Waals surface area contributed by atoms with Crippen LogP contribution in [0.3, 0.4) is 0 Å². The molecule has 0 bridgehead atoms. The van der Waals surface area contributed by atoms with Crippen molar-refractivity contribution >= 4 is 34.7 Å². The third-order valence-corrected chi connectivity index (χ3v) is 5.86. The lowest BCUT2D eigenvalue weighted by Gasteiger charge is -2.35. The van der Waals surface area contributed by atoms with Gasteiger partial charge >= 0.3 is 0 Å². The molecule has 5 heteroatoms. The molecule has 2 aromatic carbocycles. The number of benzene rings is 2. The van der Waals surface area contributed by atoms with Crippen LogP contribution < -0.4 is 4.90 Å². The second kappa shape index (κ2) is 7.58. The third kappa shape index (κ3) is 3.82. The highest BCUT2D eigenvalue weighted by molar-refractivity contribution is 7.99. The zero-order valence-corrected chi connectivity index (χ0v) is 15.4. The second-order valence-electron chi connectivity index (χ2n) is 6.23. The first-order valence-electron chi connectivity index (χ1n) is 11.9. The van der Waals surface area contributed by atoms with Gasteiger partial charge in [0.25, 0.3) is 0 Å². The van der Waals surface area contributed by atoms with Crippen LogP contribution in [-0.4, -0.2) is 56.0 Å². The quantitative estimate of drug-likeness (QED) is 0.767. The number of para-hydroxylation sites is 1. The Morgan fingerprint density at radius 3 is 2.76 bits per heavy atom. The summed E-state index contributed by atoms with van der Waals surface area (Å²) in [7, 11) is 0. The van der Waals surface area contributed by atoms with E-state index in [9.17, 15) is 0 Å². The lowest BCUT2D eigenvalue weighted by Crippen LogP contribution is -2.45. The maximum atomic E-state index is 8.50. The molecule has 2 heterocycles. The number of rotatable bonds is 4. The number of nitrogens with zero attached hydrogens (tertiary/aromatic N) is 3. The number of piperazine rings is 1. The van der Waals surface area contributed by atoms with Gasteiger partial charge in [-0.15, -0.1) is 0 Å². The van der Waals surface area contributed by atoms with E-state index >= 15 is 0 Å². The lowest BCUT2D eigenvalue weighted by molar-refractivity contribution is 0.153. The summed E-state index contributed by atoms with van der Waals surface area (Å²) in [6, 6.07) is 4.95. The van der Waals surface area contributed by atoms with Crippen LogP contribution in [0.15, 0.2) is 52.2 Å². The summed E-state index contributed by atoms with van der Waals surface area (Å²) in [4.78, 5) is 7.14. The minimum Gasteiger partial charge on any atom is -0.340 e. The maximum absolute atomic E-state index is 8.50. The Morgan fingerprint density at radius 1 is 1.08 bits per heavy atom. The van der Waals surface area contributed by atoms with Gasteiger partial charge in [-0.05, 0) is 50.2 Å². The molecular weight excluding hydrogens is 350 g/mol. The minimum absolute atomic E-state index is 0.0302. The van der Waals surface area contributed by atoms with Gasteiger partial charge in [0.05, 0.1) is 16.9 Å². The standard InChI is InChI=1S/C20H24ClN3S/c1-22-11-13-23(14-12-22)9-4-10-24-17-5-2-3-6-19(17)25-20-8-7-16(21)15-18(20)24/h2-3,5-8,15H,4,9-14H2,1H3/i1D3,2D,3D,5D,6D. The van der Waals surface area contributed by atoms with Crippen LogP contribution in [0.4, 0.5) is 11.4 Å². The molecule has 0 unspecified atom stereocenters. The van der Waals surface area contributed by atoms with Crippen LogP contribution in [0.5, 0.6) is 0 Å². The fourth-order valence-electron chi connectivity index (χ4n) is 3.23. The molecule has 0 amide bonds. The van der Waals surface area contributed by atoms with E-state index in [0.717, 1.165) is 23.5 Å². The summed E-state index contributed by atoms with van der Waals surface area (Å²) in [6.45, 7) is 1.67. The molecule has 0 radical (unpaired) electrons. The van der Waals surface area contributed by atoms with Gasteiger partial charge in [-0.3, -0.25) is 0 Å². The smallest absolute Gasteiger partial charge is 0.0645 e. The molecule has 0 N–H and O–H groups in total. The Balaban J connectivity index is 1.55. The minimum atomic E-state index is -2.05. The third-order valence-electron chi connectivity index (χ3n) is 4.56. The van der Waals surface area contributed by atoms with E-state index < -0.39 is 6.98 Å². The van der Waals surface area contributed by atoms with Crippen molar-refractivity contribution < 1.29 is 9.60 Å². The van der Waals surface area contributed by atoms with Gasteiger partial charge in [0.2, 0.25) is 0 Å².